The van der Waals surface area contributed by atoms with Crippen molar-refractivity contribution in [3.05, 3.63) is 0 Å². The Bertz CT molecular complexity index is 333. The van der Waals surface area contributed by atoms with E-state index in [9.17, 15) is 8.42 Å². The summed E-state index contributed by atoms with van der Waals surface area (Å²) < 4.78 is 27.0. The summed E-state index contributed by atoms with van der Waals surface area (Å²) >= 11 is 1.78. The monoisotopic (exact) mass is 264 g/mol. The van der Waals surface area contributed by atoms with Crippen LogP contribution in [-0.4, -0.2) is 44.3 Å². The van der Waals surface area contributed by atoms with Crippen molar-refractivity contribution in [2.24, 2.45) is 0 Å². The number of piperidine rings is 1. The second-order valence-corrected chi connectivity index (χ2v) is 8.04. The van der Waals surface area contributed by atoms with Gasteiger partial charge in [-0.15, -0.1) is 0 Å². The zero-order valence-corrected chi connectivity index (χ0v) is 11.3. The topological polar surface area (TPSA) is 58.2 Å². The van der Waals surface area contributed by atoms with E-state index in [-0.39, 0.29) is 10.00 Å². The predicted molar refractivity (Wildman–Crippen MR) is 68.3 cm³/mol. The molecule has 1 aliphatic carbocycles. The summed E-state index contributed by atoms with van der Waals surface area (Å²) in [4.78, 5) is 0. The van der Waals surface area contributed by atoms with Crippen LogP contribution >= 0.6 is 11.8 Å². The predicted octanol–water partition coefficient (Wildman–Crippen LogP) is 0.553. The van der Waals surface area contributed by atoms with Crippen LogP contribution in [0.3, 0.4) is 0 Å². The second kappa shape index (κ2) is 4.84. The van der Waals surface area contributed by atoms with Crippen molar-refractivity contribution in [3.8, 4) is 0 Å². The molecule has 0 amide bonds. The lowest BCUT2D eigenvalue weighted by atomic mass is 10.2. The van der Waals surface area contributed by atoms with Crippen LogP contribution in [0.5, 0.6) is 0 Å². The normalized spacial score (nSPS) is 28.9. The van der Waals surface area contributed by atoms with Crippen LogP contribution in [-0.2, 0) is 10.0 Å². The molecule has 6 heteroatoms. The van der Waals surface area contributed by atoms with Crippen LogP contribution in [0.25, 0.3) is 0 Å². The number of sulfonamides is 1. The highest BCUT2D eigenvalue weighted by atomic mass is 32.2. The fraction of sp³-hybridized carbons (Fsp3) is 1.00. The smallest absolute Gasteiger partial charge is 0.215 e. The van der Waals surface area contributed by atoms with Gasteiger partial charge in [0, 0.05) is 17.8 Å². The summed E-state index contributed by atoms with van der Waals surface area (Å²) in [6, 6.07) is 0. The van der Waals surface area contributed by atoms with Gasteiger partial charge in [0.05, 0.1) is 5.25 Å². The van der Waals surface area contributed by atoms with Crippen LogP contribution in [0, 0.1) is 0 Å². The molecule has 4 nitrogen and oxygen atoms in total. The SMILES string of the molecule is CSC1(CNS(=O)(=O)C2CCCNC2)CC1. The average Bonchev–Trinajstić information content (AvgIpc) is 3.09. The van der Waals surface area contributed by atoms with Crippen molar-refractivity contribution >= 4 is 21.8 Å². The number of nitrogens with one attached hydrogen (secondary N) is 2. The number of rotatable bonds is 5. The molecule has 1 heterocycles. The van der Waals surface area contributed by atoms with Crippen molar-refractivity contribution in [2.75, 3.05) is 25.9 Å². The summed E-state index contributed by atoms with van der Waals surface area (Å²) in [7, 11) is -3.11. The molecule has 0 aromatic rings. The maximum Gasteiger partial charge on any atom is 0.215 e. The summed E-state index contributed by atoms with van der Waals surface area (Å²) in [6.07, 6.45) is 6.08. The van der Waals surface area contributed by atoms with E-state index in [4.69, 9.17) is 0 Å². The molecule has 2 fully saturated rings. The lowest BCUT2D eigenvalue weighted by Gasteiger charge is -2.24. The minimum atomic E-state index is -3.11. The minimum Gasteiger partial charge on any atom is -0.315 e. The minimum absolute atomic E-state index is 0.204. The van der Waals surface area contributed by atoms with Gasteiger partial charge < -0.3 is 5.32 Å². The number of hydrogen-bond acceptors (Lipinski definition) is 4. The van der Waals surface area contributed by atoms with Crippen molar-refractivity contribution in [1.82, 2.24) is 10.0 Å². The Hall–Kier alpha value is 0.220. The van der Waals surface area contributed by atoms with E-state index in [1.165, 1.54) is 0 Å². The molecular formula is C10H20N2O2S2. The van der Waals surface area contributed by atoms with E-state index in [2.05, 4.69) is 16.3 Å². The first-order valence-electron chi connectivity index (χ1n) is 5.82. The molecule has 2 aliphatic rings. The van der Waals surface area contributed by atoms with Gasteiger partial charge in [-0.1, -0.05) is 0 Å². The Labute approximate surface area is 102 Å². The Morgan fingerprint density at radius 2 is 2.25 bits per heavy atom. The molecule has 0 radical (unpaired) electrons. The van der Waals surface area contributed by atoms with E-state index in [1.807, 2.05) is 0 Å². The van der Waals surface area contributed by atoms with E-state index < -0.39 is 10.0 Å². The van der Waals surface area contributed by atoms with Gasteiger partial charge in [0.15, 0.2) is 0 Å². The van der Waals surface area contributed by atoms with Crippen LogP contribution in [0.4, 0.5) is 0 Å². The van der Waals surface area contributed by atoms with E-state index in [0.29, 0.717) is 13.1 Å². The molecule has 0 spiro atoms. The molecule has 1 saturated carbocycles. The first-order chi connectivity index (χ1) is 7.58. The fourth-order valence-corrected chi connectivity index (χ4v) is 4.37. The lowest BCUT2D eigenvalue weighted by Crippen LogP contribution is -2.45. The van der Waals surface area contributed by atoms with Gasteiger partial charge in [-0.2, -0.15) is 11.8 Å². The van der Waals surface area contributed by atoms with Gasteiger partial charge in [0.1, 0.15) is 0 Å². The maximum absolute atomic E-state index is 12.0. The molecule has 1 atom stereocenters. The van der Waals surface area contributed by atoms with Crippen LogP contribution in [0.2, 0.25) is 0 Å². The first kappa shape index (κ1) is 12.7. The third-order valence-corrected chi connectivity index (χ3v) is 6.77. The Balaban J connectivity index is 1.87. The third-order valence-electron chi connectivity index (χ3n) is 3.53. The quantitative estimate of drug-likeness (QED) is 0.761. The zero-order chi connectivity index (χ0) is 11.6. The number of hydrogen-bond donors (Lipinski definition) is 2. The first-order valence-corrected chi connectivity index (χ1v) is 8.59. The molecule has 94 valence electrons. The highest BCUT2D eigenvalue weighted by Gasteiger charge is 2.43. The van der Waals surface area contributed by atoms with E-state index in [0.717, 1.165) is 32.2 Å². The fourth-order valence-electron chi connectivity index (χ4n) is 2.03. The van der Waals surface area contributed by atoms with Crippen molar-refractivity contribution in [1.29, 1.82) is 0 Å². The van der Waals surface area contributed by atoms with Crippen molar-refractivity contribution < 1.29 is 8.42 Å². The summed E-state index contributed by atoms with van der Waals surface area (Å²) in [6.45, 7) is 2.15. The molecule has 1 saturated heterocycles. The third kappa shape index (κ3) is 2.91. The van der Waals surface area contributed by atoms with Gasteiger partial charge in [-0.3, -0.25) is 0 Å². The molecule has 16 heavy (non-hydrogen) atoms. The Kier molecular flexibility index (Phi) is 3.83. The highest BCUT2D eigenvalue weighted by molar-refractivity contribution is 8.00. The number of thioether (sulfide) groups is 1. The molecule has 0 aromatic carbocycles. The maximum atomic E-state index is 12.0. The summed E-state index contributed by atoms with van der Waals surface area (Å²) in [5.41, 5.74) is 0. The highest BCUT2D eigenvalue weighted by Crippen LogP contribution is 2.46. The largest absolute Gasteiger partial charge is 0.315 e. The molecule has 0 aromatic heterocycles. The van der Waals surface area contributed by atoms with Crippen LogP contribution in [0.15, 0.2) is 0 Å². The van der Waals surface area contributed by atoms with Gasteiger partial charge >= 0.3 is 0 Å². The van der Waals surface area contributed by atoms with E-state index in [1.54, 1.807) is 11.8 Å². The van der Waals surface area contributed by atoms with E-state index >= 15 is 0 Å². The molecule has 2 rings (SSSR count). The Morgan fingerprint density at radius 3 is 2.75 bits per heavy atom. The Morgan fingerprint density at radius 1 is 1.50 bits per heavy atom. The summed E-state index contributed by atoms with van der Waals surface area (Å²) in [5.74, 6) is 0. The van der Waals surface area contributed by atoms with Gasteiger partial charge in [0.25, 0.3) is 0 Å². The van der Waals surface area contributed by atoms with Gasteiger partial charge in [-0.25, -0.2) is 13.1 Å². The molecule has 2 N–H and O–H groups in total. The van der Waals surface area contributed by atoms with Gasteiger partial charge in [-0.05, 0) is 38.5 Å². The van der Waals surface area contributed by atoms with Crippen LogP contribution in [0.1, 0.15) is 25.7 Å². The second-order valence-electron chi connectivity index (χ2n) is 4.72. The standard InChI is InChI=1S/C10H20N2O2S2/c1-15-10(4-5-10)8-12-16(13,14)9-3-2-6-11-7-9/h9,11-12H,2-8H2,1H3. The lowest BCUT2D eigenvalue weighted by molar-refractivity contribution is 0.489. The molecule has 0 bridgehead atoms. The summed E-state index contributed by atoms with van der Waals surface area (Å²) in [5, 5.41) is 2.91. The molecule has 1 unspecified atom stereocenters. The average molecular weight is 264 g/mol. The van der Waals surface area contributed by atoms with Crippen molar-refractivity contribution in [3.63, 3.8) is 0 Å². The van der Waals surface area contributed by atoms with Crippen molar-refractivity contribution in [2.45, 2.75) is 35.7 Å². The zero-order valence-electron chi connectivity index (χ0n) is 9.66. The molecular weight excluding hydrogens is 244 g/mol. The van der Waals surface area contributed by atoms with Gasteiger partial charge in [0.2, 0.25) is 10.0 Å². The van der Waals surface area contributed by atoms with Crippen LogP contribution < -0.4 is 10.0 Å². The molecule has 1 aliphatic heterocycles.